The van der Waals surface area contributed by atoms with Crippen LogP contribution in [0.2, 0.25) is 0 Å². The van der Waals surface area contributed by atoms with Gasteiger partial charge in [0.2, 0.25) is 0 Å². The van der Waals surface area contributed by atoms with Gasteiger partial charge < -0.3 is 5.73 Å². The number of nitrogens with two attached hydrogens (primary N) is 1. The lowest BCUT2D eigenvalue weighted by Gasteiger charge is -2.35. The van der Waals surface area contributed by atoms with Crippen LogP contribution in [0.15, 0.2) is 24.3 Å². The Morgan fingerprint density at radius 2 is 2.17 bits per heavy atom. The molecule has 18 heavy (non-hydrogen) atoms. The number of rotatable bonds is 2. The van der Waals surface area contributed by atoms with E-state index in [-0.39, 0.29) is 11.9 Å². The molecule has 1 saturated carbocycles. The number of hydrogen-bond donors (Lipinski definition) is 3. The zero-order valence-electron chi connectivity index (χ0n) is 10.4. The van der Waals surface area contributed by atoms with Gasteiger partial charge in [0.25, 0.3) is 0 Å². The van der Waals surface area contributed by atoms with E-state index in [0.29, 0.717) is 17.9 Å². The number of fused-ring (bicyclic) bond motifs is 1. The largest absolute Gasteiger partial charge is 0.330 e. The molecule has 1 aliphatic carbocycles. The lowest BCUT2D eigenvalue weighted by molar-refractivity contribution is 0.208. The van der Waals surface area contributed by atoms with Crippen molar-refractivity contribution < 1.29 is 4.39 Å². The molecule has 3 rings (SSSR count). The maximum atomic E-state index is 13.4. The number of hydrazine groups is 1. The van der Waals surface area contributed by atoms with Crippen LogP contribution in [0.5, 0.6) is 0 Å². The fourth-order valence-electron chi connectivity index (χ4n) is 3.56. The maximum Gasteiger partial charge on any atom is 0.123 e. The fraction of sp³-hybridized carbons (Fsp3) is 0.571. The van der Waals surface area contributed by atoms with E-state index in [0.717, 1.165) is 12.1 Å². The highest BCUT2D eigenvalue weighted by molar-refractivity contribution is 5.23. The summed E-state index contributed by atoms with van der Waals surface area (Å²) < 4.78 is 13.4. The molecule has 2 fully saturated rings. The second-order valence-electron chi connectivity index (χ2n) is 5.43. The van der Waals surface area contributed by atoms with Crippen LogP contribution in [0.25, 0.3) is 0 Å². The van der Waals surface area contributed by atoms with Crippen molar-refractivity contribution in [2.45, 2.75) is 31.3 Å². The lowest BCUT2D eigenvalue weighted by Crippen LogP contribution is -2.39. The van der Waals surface area contributed by atoms with Crippen molar-refractivity contribution in [3.63, 3.8) is 0 Å². The molecule has 0 aromatic heterocycles. The van der Waals surface area contributed by atoms with Crippen molar-refractivity contribution in [3.05, 3.63) is 35.6 Å². The summed E-state index contributed by atoms with van der Waals surface area (Å²) in [5.74, 6) is 0.836. The molecule has 98 valence electrons. The average Bonchev–Trinajstić information content (AvgIpc) is 2.82. The van der Waals surface area contributed by atoms with E-state index < -0.39 is 0 Å². The highest BCUT2D eigenvalue weighted by Crippen LogP contribution is 2.41. The van der Waals surface area contributed by atoms with Crippen LogP contribution in [0.4, 0.5) is 4.39 Å². The normalized spacial score (nSPS) is 35.4. The Hall–Kier alpha value is -0.970. The van der Waals surface area contributed by atoms with E-state index in [1.54, 1.807) is 12.1 Å². The molecular weight excluding hydrogens is 229 g/mol. The first-order chi connectivity index (χ1) is 8.79. The first-order valence-electron chi connectivity index (χ1n) is 6.76. The van der Waals surface area contributed by atoms with Gasteiger partial charge in [-0.1, -0.05) is 18.6 Å². The quantitative estimate of drug-likeness (QED) is 0.748. The van der Waals surface area contributed by atoms with Gasteiger partial charge >= 0.3 is 0 Å². The molecule has 1 saturated heterocycles. The first kappa shape index (κ1) is 12.1. The van der Waals surface area contributed by atoms with Gasteiger partial charge in [0, 0.05) is 12.0 Å². The van der Waals surface area contributed by atoms with Crippen LogP contribution in [0, 0.1) is 17.7 Å². The van der Waals surface area contributed by atoms with Crippen molar-refractivity contribution in [1.82, 2.24) is 10.9 Å². The van der Waals surface area contributed by atoms with Crippen molar-refractivity contribution >= 4 is 0 Å². The fourth-order valence-corrected chi connectivity index (χ4v) is 3.56. The Morgan fingerprint density at radius 3 is 2.94 bits per heavy atom. The lowest BCUT2D eigenvalue weighted by atomic mass is 9.72. The molecule has 4 N–H and O–H groups in total. The monoisotopic (exact) mass is 249 g/mol. The molecule has 1 aromatic carbocycles. The molecular formula is C14H20FN3. The van der Waals surface area contributed by atoms with E-state index in [9.17, 15) is 4.39 Å². The number of halogens is 1. The number of benzene rings is 1. The zero-order valence-corrected chi connectivity index (χ0v) is 10.4. The summed E-state index contributed by atoms with van der Waals surface area (Å²) in [4.78, 5) is 0. The summed E-state index contributed by atoms with van der Waals surface area (Å²) in [6.07, 6.45) is 3.60. The summed E-state index contributed by atoms with van der Waals surface area (Å²) >= 11 is 0. The Bertz CT molecular complexity index is 423. The summed E-state index contributed by atoms with van der Waals surface area (Å²) in [5, 5.41) is 0. The third kappa shape index (κ3) is 2.05. The van der Waals surface area contributed by atoms with Crippen molar-refractivity contribution in [2.75, 3.05) is 6.54 Å². The minimum atomic E-state index is -0.169. The molecule has 0 amide bonds. The van der Waals surface area contributed by atoms with Gasteiger partial charge in [-0.3, -0.25) is 5.43 Å². The SMILES string of the molecule is NCC1CCCC2NNC(c3cccc(F)c3)C12. The molecule has 0 spiro atoms. The Balaban J connectivity index is 1.88. The van der Waals surface area contributed by atoms with E-state index in [2.05, 4.69) is 10.9 Å². The van der Waals surface area contributed by atoms with Gasteiger partial charge in [0.1, 0.15) is 5.82 Å². The summed E-state index contributed by atoms with van der Waals surface area (Å²) in [7, 11) is 0. The number of nitrogens with one attached hydrogen (secondary N) is 2. The Kier molecular flexibility index (Phi) is 3.33. The zero-order chi connectivity index (χ0) is 12.5. The maximum absolute atomic E-state index is 13.4. The highest BCUT2D eigenvalue weighted by atomic mass is 19.1. The molecule has 1 aromatic rings. The van der Waals surface area contributed by atoms with Crippen LogP contribution in [-0.4, -0.2) is 12.6 Å². The van der Waals surface area contributed by atoms with Crippen molar-refractivity contribution in [2.24, 2.45) is 17.6 Å². The summed E-state index contributed by atoms with van der Waals surface area (Å²) in [5.41, 5.74) is 13.6. The van der Waals surface area contributed by atoms with Crippen LogP contribution < -0.4 is 16.6 Å². The Labute approximate surface area is 107 Å². The van der Waals surface area contributed by atoms with Crippen LogP contribution >= 0.6 is 0 Å². The van der Waals surface area contributed by atoms with Crippen LogP contribution in [-0.2, 0) is 0 Å². The van der Waals surface area contributed by atoms with Crippen LogP contribution in [0.1, 0.15) is 30.9 Å². The molecule has 0 radical (unpaired) electrons. The summed E-state index contributed by atoms with van der Waals surface area (Å²) in [6, 6.07) is 7.54. The average molecular weight is 249 g/mol. The van der Waals surface area contributed by atoms with E-state index in [1.807, 2.05) is 6.07 Å². The van der Waals surface area contributed by atoms with Gasteiger partial charge in [-0.05, 0) is 43.0 Å². The second-order valence-corrected chi connectivity index (χ2v) is 5.43. The van der Waals surface area contributed by atoms with Crippen molar-refractivity contribution in [1.29, 1.82) is 0 Å². The van der Waals surface area contributed by atoms with Gasteiger partial charge in [-0.15, -0.1) is 0 Å². The molecule has 2 aliphatic rings. The third-order valence-corrected chi connectivity index (χ3v) is 4.42. The van der Waals surface area contributed by atoms with Gasteiger partial charge in [0.15, 0.2) is 0 Å². The van der Waals surface area contributed by atoms with Gasteiger partial charge in [-0.2, -0.15) is 0 Å². The van der Waals surface area contributed by atoms with Gasteiger partial charge in [-0.25, -0.2) is 9.82 Å². The molecule has 0 bridgehead atoms. The number of hydrogen-bond acceptors (Lipinski definition) is 3. The topological polar surface area (TPSA) is 50.1 Å². The van der Waals surface area contributed by atoms with E-state index in [1.165, 1.54) is 25.3 Å². The van der Waals surface area contributed by atoms with Gasteiger partial charge in [0.05, 0.1) is 6.04 Å². The molecule has 4 unspecified atom stereocenters. The summed E-state index contributed by atoms with van der Waals surface area (Å²) in [6.45, 7) is 0.719. The smallest absolute Gasteiger partial charge is 0.123 e. The minimum absolute atomic E-state index is 0.169. The minimum Gasteiger partial charge on any atom is -0.330 e. The second kappa shape index (κ2) is 4.96. The predicted molar refractivity (Wildman–Crippen MR) is 69.1 cm³/mol. The first-order valence-corrected chi connectivity index (χ1v) is 6.76. The highest BCUT2D eigenvalue weighted by Gasteiger charge is 2.42. The van der Waals surface area contributed by atoms with Crippen molar-refractivity contribution in [3.8, 4) is 0 Å². The van der Waals surface area contributed by atoms with E-state index in [4.69, 9.17) is 5.73 Å². The standard InChI is InChI=1S/C14H20FN3/c15-11-5-1-3-9(7-11)14-13-10(8-16)4-2-6-12(13)17-18-14/h1,3,5,7,10,12-14,17-18H,2,4,6,8,16H2. The molecule has 1 aliphatic heterocycles. The molecule has 4 heteroatoms. The Morgan fingerprint density at radius 1 is 1.28 bits per heavy atom. The molecule has 1 heterocycles. The molecule has 4 atom stereocenters. The predicted octanol–water partition coefficient (Wildman–Crippen LogP) is 1.72. The third-order valence-electron chi connectivity index (χ3n) is 4.42. The van der Waals surface area contributed by atoms with E-state index >= 15 is 0 Å². The molecule has 3 nitrogen and oxygen atoms in total. The van der Waals surface area contributed by atoms with Crippen LogP contribution in [0.3, 0.4) is 0 Å².